The second-order valence-electron chi connectivity index (χ2n) is 8.11. The first-order valence-electron chi connectivity index (χ1n) is 10.7. The van der Waals surface area contributed by atoms with Gasteiger partial charge in [0, 0.05) is 19.2 Å². The highest BCUT2D eigenvalue weighted by Crippen LogP contribution is 2.22. The average Bonchev–Trinajstić information content (AvgIpc) is 2.75. The zero-order valence-corrected chi connectivity index (χ0v) is 18.5. The number of anilines is 2. The van der Waals surface area contributed by atoms with Gasteiger partial charge in [0.25, 0.3) is 11.5 Å². The molecule has 0 aliphatic rings. The molecule has 3 aromatic rings. The first-order chi connectivity index (χ1) is 15.2. The summed E-state index contributed by atoms with van der Waals surface area (Å²) in [5.41, 5.74) is 4.61. The first-order valence-corrected chi connectivity index (χ1v) is 10.7. The van der Waals surface area contributed by atoms with E-state index in [1.54, 1.807) is 24.3 Å². The molecule has 0 aliphatic carbocycles. The van der Waals surface area contributed by atoms with Crippen molar-refractivity contribution in [2.45, 2.75) is 46.6 Å². The van der Waals surface area contributed by atoms with Crippen LogP contribution in [-0.2, 0) is 6.54 Å². The Kier molecular flexibility index (Phi) is 6.97. The van der Waals surface area contributed by atoms with Crippen LogP contribution in [0.4, 0.5) is 11.5 Å². The van der Waals surface area contributed by atoms with Crippen molar-refractivity contribution in [1.82, 2.24) is 9.55 Å². The SMILES string of the molecule is CCCCn1c(N)c(N(CCC(C)C)C(=O)c2cc(=O)c3ccccc3o2)c(=O)[nH]c1=O. The molecule has 1 amide bonds. The average molecular weight is 441 g/mol. The van der Waals surface area contributed by atoms with Crippen LogP contribution in [0.5, 0.6) is 0 Å². The molecule has 170 valence electrons. The molecule has 0 radical (unpaired) electrons. The van der Waals surface area contributed by atoms with Crippen molar-refractivity contribution in [1.29, 1.82) is 0 Å². The van der Waals surface area contributed by atoms with E-state index in [1.165, 1.54) is 9.47 Å². The quantitative estimate of drug-likeness (QED) is 0.554. The minimum absolute atomic E-state index is 0.0903. The second kappa shape index (κ2) is 9.67. The Morgan fingerprint density at radius 3 is 2.62 bits per heavy atom. The Labute approximate surface area is 184 Å². The normalized spacial score (nSPS) is 11.2. The van der Waals surface area contributed by atoms with Crippen LogP contribution in [0.2, 0.25) is 0 Å². The van der Waals surface area contributed by atoms with Gasteiger partial charge in [-0.1, -0.05) is 39.3 Å². The predicted molar refractivity (Wildman–Crippen MR) is 124 cm³/mol. The van der Waals surface area contributed by atoms with E-state index in [2.05, 4.69) is 4.98 Å². The lowest BCUT2D eigenvalue weighted by Crippen LogP contribution is -2.42. The van der Waals surface area contributed by atoms with E-state index in [4.69, 9.17) is 10.2 Å². The second-order valence-corrected chi connectivity index (χ2v) is 8.11. The molecular weight excluding hydrogens is 412 g/mol. The summed E-state index contributed by atoms with van der Waals surface area (Å²) in [6.45, 7) is 6.39. The maximum Gasteiger partial charge on any atom is 0.330 e. The molecule has 0 fully saturated rings. The summed E-state index contributed by atoms with van der Waals surface area (Å²) in [7, 11) is 0. The Balaban J connectivity index is 2.16. The van der Waals surface area contributed by atoms with Crippen molar-refractivity contribution < 1.29 is 9.21 Å². The third kappa shape index (κ3) is 4.66. The van der Waals surface area contributed by atoms with E-state index in [0.717, 1.165) is 12.5 Å². The van der Waals surface area contributed by atoms with Crippen LogP contribution >= 0.6 is 0 Å². The Hall–Kier alpha value is -3.62. The van der Waals surface area contributed by atoms with E-state index in [0.29, 0.717) is 24.8 Å². The van der Waals surface area contributed by atoms with Crippen LogP contribution < -0.4 is 27.3 Å². The molecule has 3 rings (SSSR count). The molecule has 2 heterocycles. The van der Waals surface area contributed by atoms with E-state index >= 15 is 0 Å². The van der Waals surface area contributed by atoms with Crippen LogP contribution in [0.15, 0.2) is 49.1 Å². The number of nitrogens with zero attached hydrogens (tertiary/aromatic N) is 2. The minimum Gasteiger partial charge on any atom is -0.451 e. The Morgan fingerprint density at radius 1 is 1.22 bits per heavy atom. The summed E-state index contributed by atoms with van der Waals surface area (Å²) >= 11 is 0. The number of H-pyrrole nitrogens is 1. The fourth-order valence-corrected chi connectivity index (χ4v) is 3.42. The van der Waals surface area contributed by atoms with Crippen molar-refractivity contribution >= 4 is 28.4 Å². The highest BCUT2D eigenvalue weighted by Gasteiger charge is 2.27. The van der Waals surface area contributed by atoms with Gasteiger partial charge < -0.3 is 10.2 Å². The maximum atomic E-state index is 13.5. The Morgan fingerprint density at radius 2 is 1.94 bits per heavy atom. The lowest BCUT2D eigenvalue weighted by molar-refractivity contribution is 0.0959. The molecule has 0 spiro atoms. The molecular formula is C23H28N4O5. The van der Waals surface area contributed by atoms with Gasteiger partial charge in [0.05, 0.1) is 5.39 Å². The van der Waals surface area contributed by atoms with Gasteiger partial charge in [0.15, 0.2) is 16.9 Å². The number of benzene rings is 1. The summed E-state index contributed by atoms with van der Waals surface area (Å²) in [4.78, 5) is 54.5. The lowest BCUT2D eigenvalue weighted by Gasteiger charge is -2.24. The number of nitrogen functional groups attached to an aromatic ring is 1. The van der Waals surface area contributed by atoms with Crippen molar-refractivity contribution in [3.05, 3.63) is 67.2 Å². The van der Waals surface area contributed by atoms with Crippen molar-refractivity contribution in [3.8, 4) is 0 Å². The number of hydrogen-bond acceptors (Lipinski definition) is 6. The summed E-state index contributed by atoms with van der Waals surface area (Å²) in [5, 5.41) is 0.350. The molecule has 3 N–H and O–H groups in total. The number of aromatic amines is 1. The molecule has 2 aromatic heterocycles. The maximum absolute atomic E-state index is 13.5. The lowest BCUT2D eigenvalue weighted by atomic mass is 10.1. The monoisotopic (exact) mass is 440 g/mol. The van der Waals surface area contributed by atoms with Gasteiger partial charge in [-0.3, -0.25) is 28.8 Å². The fraction of sp³-hybridized carbons (Fsp3) is 0.391. The van der Waals surface area contributed by atoms with Crippen molar-refractivity contribution in [2.24, 2.45) is 5.92 Å². The van der Waals surface area contributed by atoms with Crippen molar-refractivity contribution in [2.75, 3.05) is 17.2 Å². The number of unbranched alkanes of at least 4 members (excludes halogenated alkanes) is 1. The number of hydrogen-bond donors (Lipinski definition) is 2. The van der Waals surface area contributed by atoms with Crippen molar-refractivity contribution in [3.63, 3.8) is 0 Å². The third-order valence-electron chi connectivity index (χ3n) is 5.24. The molecule has 0 saturated carbocycles. The zero-order chi connectivity index (χ0) is 23.4. The standard InChI is InChI=1S/C23H28N4O5/c1-4-5-11-27-20(24)19(21(29)25-23(27)31)26(12-10-14(2)3)22(30)18-13-16(28)15-8-6-7-9-17(15)32-18/h6-9,13-14H,4-5,10-12,24H2,1-3H3,(H,25,29,31). The molecule has 0 aliphatic heterocycles. The van der Waals surface area contributed by atoms with Gasteiger partial charge in [-0.05, 0) is 30.9 Å². The number of amides is 1. The van der Waals surface area contributed by atoms with Crippen LogP contribution in [0.1, 0.15) is 50.6 Å². The number of carbonyl (C=O) groups is 1. The van der Waals surface area contributed by atoms with Gasteiger partial charge in [-0.15, -0.1) is 0 Å². The molecule has 1 aromatic carbocycles. The summed E-state index contributed by atoms with van der Waals surface area (Å²) in [5.74, 6) is -0.749. The summed E-state index contributed by atoms with van der Waals surface area (Å²) < 4.78 is 6.96. The Bertz CT molecular complexity index is 1300. The highest BCUT2D eigenvalue weighted by molar-refractivity contribution is 6.06. The summed E-state index contributed by atoms with van der Waals surface area (Å²) in [6, 6.07) is 7.72. The number of aromatic nitrogens is 2. The first kappa shape index (κ1) is 23.1. The number of rotatable bonds is 8. The smallest absolute Gasteiger partial charge is 0.330 e. The van der Waals surface area contributed by atoms with Crippen LogP contribution in [0.25, 0.3) is 11.0 Å². The topological polar surface area (TPSA) is 131 Å². The van der Waals surface area contributed by atoms with E-state index in [1.807, 2.05) is 20.8 Å². The molecule has 9 heteroatoms. The van der Waals surface area contributed by atoms with E-state index < -0.39 is 17.2 Å². The number of para-hydroxylation sites is 1. The van der Waals surface area contributed by atoms with Crippen LogP contribution in [-0.4, -0.2) is 22.0 Å². The van der Waals surface area contributed by atoms with E-state index in [-0.39, 0.29) is 40.7 Å². The fourth-order valence-electron chi connectivity index (χ4n) is 3.42. The number of carbonyl (C=O) groups excluding carboxylic acids is 1. The van der Waals surface area contributed by atoms with Gasteiger partial charge in [-0.25, -0.2) is 4.79 Å². The van der Waals surface area contributed by atoms with Gasteiger partial charge in [0.2, 0.25) is 0 Å². The molecule has 32 heavy (non-hydrogen) atoms. The minimum atomic E-state index is -0.763. The molecule has 9 nitrogen and oxygen atoms in total. The molecule has 0 saturated heterocycles. The number of nitrogens with two attached hydrogens (primary N) is 1. The molecule has 0 atom stereocenters. The number of nitrogens with one attached hydrogen (secondary N) is 1. The highest BCUT2D eigenvalue weighted by atomic mass is 16.3. The predicted octanol–water partition coefficient (Wildman–Crippen LogP) is 2.72. The summed E-state index contributed by atoms with van der Waals surface area (Å²) in [6.07, 6.45) is 2.06. The van der Waals surface area contributed by atoms with Crippen LogP contribution in [0.3, 0.4) is 0 Å². The van der Waals surface area contributed by atoms with Gasteiger partial charge >= 0.3 is 5.69 Å². The number of fused-ring (bicyclic) bond motifs is 1. The third-order valence-corrected chi connectivity index (χ3v) is 5.24. The van der Waals surface area contributed by atoms with Gasteiger partial charge in [-0.2, -0.15) is 0 Å². The largest absolute Gasteiger partial charge is 0.451 e. The van der Waals surface area contributed by atoms with Crippen LogP contribution in [0, 0.1) is 5.92 Å². The zero-order valence-electron chi connectivity index (χ0n) is 18.5. The molecule has 0 bridgehead atoms. The molecule has 0 unspecified atom stereocenters. The van der Waals surface area contributed by atoms with Gasteiger partial charge in [0.1, 0.15) is 11.4 Å². The van der Waals surface area contributed by atoms with E-state index in [9.17, 15) is 19.2 Å².